The Hall–Kier alpha value is -1.95. The summed E-state index contributed by atoms with van der Waals surface area (Å²) in [6.07, 6.45) is 1.39. The van der Waals surface area contributed by atoms with Crippen molar-refractivity contribution in [3.05, 3.63) is 34.4 Å². The van der Waals surface area contributed by atoms with Gasteiger partial charge in [-0.1, -0.05) is 19.4 Å². The van der Waals surface area contributed by atoms with Crippen LogP contribution in [0.5, 0.6) is 0 Å². The highest BCUT2D eigenvalue weighted by atomic mass is 16.6. The second kappa shape index (κ2) is 5.95. The first-order chi connectivity index (χ1) is 8.04. The van der Waals surface area contributed by atoms with E-state index in [1.54, 1.807) is 6.07 Å². The van der Waals surface area contributed by atoms with E-state index < -0.39 is 11.0 Å². The van der Waals surface area contributed by atoms with Crippen LogP contribution in [-0.4, -0.2) is 16.9 Å². The maximum absolute atomic E-state index is 11.6. The summed E-state index contributed by atoms with van der Waals surface area (Å²) in [5, 5.41) is 13.1. The highest BCUT2D eigenvalue weighted by Gasteiger charge is 2.13. The van der Waals surface area contributed by atoms with Crippen molar-refractivity contribution in [2.45, 2.75) is 25.8 Å². The van der Waals surface area contributed by atoms with Gasteiger partial charge in [0.25, 0.3) is 5.69 Å². The van der Waals surface area contributed by atoms with Crippen LogP contribution in [0.1, 0.15) is 19.8 Å². The van der Waals surface area contributed by atoms with Crippen LogP contribution in [0.4, 0.5) is 11.4 Å². The molecule has 3 N–H and O–H groups in total. The summed E-state index contributed by atoms with van der Waals surface area (Å²) in [5.41, 5.74) is 5.95. The van der Waals surface area contributed by atoms with Crippen LogP contribution in [0.25, 0.3) is 0 Å². The molecule has 1 atom stereocenters. The fourth-order valence-electron chi connectivity index (χ4n) is 1.37. The molecule has 0 bridgehead atoms. The van der Waals surface area contributed by atoms with Crippen LogP contribution in [0, 0.1) is 10.1 Å². The summed E-state index contributed by atoms with van der Waals surface area (Å²) in [5.74, 6) is -0.327. The average Bonchev–Trinajstić information content (AvgIpc) is 2.29. The summed E-state index contributed by atoms with van der Waals surface area (Å²) in [6, 6.07) is 5.18. The lowest BCUT2D eigenvalue weighted by Gasteiger charge is -2.10. The first kappa shape index (κ1) is 13.1. The van der Waals surface area contributed by atoms with Crippen LogP contribution in [0.15, 0.2) is 24.3 Å². The lowest BCUT2D eigenvalue weighted by Crippen LogP contribution is -2.35. The minimum absolute atomic E-state index is 0.0631. The summed E-state index contributed by atoms with van der Waals surface area (Å²) >= 11 is 0. The van der Waals surface area contributed by atoms with Crippen molar-refractivity contribution in [1.29, 1.82) is 0 Å². The minimum Gasteiger partial charge on any atom is -0.324 e. The van der Waals surface area contributed by atoms with Crippen LogP contribution in [0.2, 0.25) is 0 Å². The van der Waals surface area contributed by atoms with E-state index in [0.29, 0.717) is 12.1 Å². The van der Waals surface area contributed by atoms with Crippen LogP contribution < -0.4 is 11.1 Å². The van der Waals surface area contributed by atoms with E-state index in [9.17, 15) is 14.9 Å². The third-order valence-electron chi connectivity index (χ3n) is 2.26. The van der Waals surface area contributed by atoms with Crippen molar-refractivity contribution in [2.24, 2.45) is 5.73 Å². The molecule has 0 aliphatic carbocycles. The number of non-ortho nitro benzene ring substituents is 1. The zero-order valence-electron chi connectivity index (χ0n) is 9.55. The van der Waals surface area contributed by atoms with Crippen molar-refractivity contribution in [3.63, 3.8) is 0 Å². The first-order valence-electron chi connectivity index (χ1n) is 5.35. The molecule has 0 aliphatic rings. The second-order valence-corrected chi connectivity index (χ2v) is 3.69. The fraction of sp³-hybridized carbons (Fsp3) is 0.364. The number of nitrogens with zero attached hydrogens (tertiary/aromatic N) is 1. The molecule has 1 amide bonds. The van der Waals surface area contributed by atoms with Crippen LogP contribution >= 0.6 is 0 Å². The maximum atomic E-state index is 11.6. The second-order valence-electron chi connectivity index (χ2n) is 3.69. The van der Waals surface area contributed by atoms with Gasteiger partial charge in [-0.05, 0) is 12.5 Å². The van der Waals surface area contributed by atoms with E-state index in [1.165, 1.54) is 18.2 Å². The molecular formula is C11H15N3O3. The standard InChI is InChI=1S/C11H15N3O3/c1-2-4-10(12)11(15)13-8-5-3-6-9(7-8)14(16)17/h3,5-7,10H,2,4,12H2,1H3,(H,13,15). The van der Waals surface area contributed by atoms with Gasteiger partial charge in [-0.15, -0.1) is 0 Å². The number of nitro benzene ring substituents is 1. The topological polar surface area (TPSA) is 98.3 Å². The molecule has 6 nitrogen and oxygen atoms in total. The number of amides is 1. The van der Waals surface area contributed by atoms with Gasteiger partial charge >= 0.3 is 0 Å². The van der Waals surface area contributed by atoms with E-state index in [0.717, 1.165) is 6.42 Å². The summed E-state index contributed by atoms with van der Waals surface area (Å²) < 4.78 is 0. The van der Waals surface area contributed by atoms with Crippen molar-refractivity contribution >= 4 is 17.3 Å². The Morgan fingerprint density at radius 3 is 2.88 bits per heavy atom. The molecule has 1 rings (SSSR count). The van der Waals surface area contributed by atoms with Gasteiger partial charge in [0.15, 0.2) is 0 Å². The van der Waals surface area contributed by atoms with Gasteiger partial charge in [0.2, 0.25) is 5.91 Å². The molecule has 0 heterocycles. The Labute approximate surface area is 99.0 Å². The maximum Gasteiger partial charge on any atom is 0.271 e. The normalized spacial score (nSPS) is 11.9. The third-order valence-corrected chi connectivity index (χ3v) is 2.26. The number of hydrogen-bond acceptors (Lipinski definition) is 4. The Bertz CT molecular complexity index is 420. The third kappa shape index (κ3) is 3.84. The number of rotatable bonds is 5. The van der Waals surface area contributed by atoms with Gasteiger partial charge in [-0.2, -0.15) is 0 Å². The molecule has 0 spiro atoms. The predicted molar refractivity (Wildman–Crippen MR) is 64.6 cm³/mol. The molecule has 1 aromatic rings. The Morgan fingerprint density at radius 2 is 2.29 bits per heavy atom. The molecular weight excluding hydrogens is 222 g/mol. The molecule has 0 radical (unpaired) electrons. The zero-order chi connectivity index (χ0) is 12.8. The quantitative estimate of drug-likeness (QED) is 0.601. The summed E-state index contributed by atoms with van der Waals surface area (Å²) in [4.78, 5) is 21.6. The average molecular weight is 237 g/mol. The summed E-state index contributed by atoms with van der Waals surface area (Å²) in [7, 11) is 0. The van der Waals surface area contributed by atoms with Gasteiger partial charge < -0.3 is 11.1 Å². The number of benzene rings is 1. The monoisotopic (exact) mass is 237 g/mol. The van der Waals surface area contributed by atoms with Gasteiger partial charge in [-0.25, -0.2) is 0 Å². The lowest BCUT2D eigenvalue weighted by molar-refractivity contribution is -0.384. The van der Waals surface area contributed by atoms with E-state index >= 15 is 0 Å². The van der Waals surface area contributed by atoms with Gasteiger partial charge in [-0.3, -0.25) is 14.9 Å². The lowest BCUT2D eigenvalue weighted by atomic mass is 10.1. The number of carbonyl (C=O) groups is 1. The highest BCUT2D eigenvalue weighted by Crippen LogP contribution is 2.17. The molecule has 0 aliphatic heterocycles. The smallest absolute Gasteiger partial charge is 0.271 e. The molecule has 17 heavy (non-hydrogen) atoms. The van der Waals surface area contributed by atoms with Crippen LogP contribution in [-0.2, 0) is 4.79 Å². The predicted octanol–water partition coefficient (Wildman–Crippen LogP) is 1.66. The molecule has 0 aromatic heterocycles. The fourth-order valence-corrected chi connectivity index (χ4v) is 1.37. The Balaban J connectivity index is 2.71. The number of hydrogen-bond donors (Lipinski definition) is 2. The van der Waals surface area contributed by atoms with Gasteiger partial charge in [0.05, 0.1) is 11.0 Å². The SMILES string of the molecule is CCCC(N)C(=O)Nc1cccc([N+](=O)[O-])c1. The van der Waals surface area contributed by atoms with Gasteiger partial charge in [0, 0.05) is 17.8 Å². The molecule has 92 valence electrons. The summed E-state index contributed by atoms with van der Waals surface area (Å²) in [6.45, 7) is 1.93. The number of anilines is 1. The van der Waals surface area contributed by atoms with Crippen molar-refractivity contribution in [1.82, 2.24) is 0 Å². The van der Waals surface area contributed by atoms with E-state index in [2.05, 4.69) is 5.32 Å². The zero-order valence-corrected chi connectivity index (χ0v) is 9.55. The molecule has 0 saturated heterocycles. The van der Waals surface area contributed by atoms with Gasteiger partial charge in [0.1, 0.15) is 0 Å². The van der Waals surface area contributed by atoms with Crippen molar-refractivity contribution < 1.29 is 9.72 Å². The molecule has 1 unspecified atom stereocenters. The first-order valence-corrected chi connectivity index (χ1v) is 5.35. The van der Waals surface area contributed by atoms with E-state index in [4.69, 9.17) is 5.73 Å². The number of nitrogens with two attached hydrogens (primary N) is 1. The number of nitrogens with one attached hydrogen (secondary N) is 1. The van der Waals surface area contributed by atoms with E-state index in [-0.39, 0.29) is 11.6 Å². The number of nitro groups is 1. The highest BCUT2D eigenvalue weighted by molar-refractivity contribution is 5.94. The largest absolute Gasteiger partial charge is 0.324 e. The number of carbonyl (C=O) groups excluding carboxylic acids is 1. The Morgan fingerprint density at radius 1 is 1.59 bits per heavy atom. The molecule has 0 fully saturated rings. The Kier molecular flexibility index (Phi) is 4.59. The molecule has 6 heteroatoms. The van der Waals surface area contributed by atoms with Crippen LogP contribution in [0.3, 0.4) is 0 Å². The van der Waals surface area contributed by atoms with E-state index in [1.807, 2.05) is 6.92 Å². The molecule has 0 saturated carbocycles. The van der Waals surface area contributed by atoms with Crippen molar-refractivity contribution in [3.8, 4) is 0 Å². The van der Waals surface area contributed by atoms with Crippen molar-refractivity contribution in [2.75, 3.05) is 5.32 Å². The molecule has 1 aromatic carbocycles. The minimum atomic E-state index is -0.584.